The minimum atomic E-state index is 0.207. The van der Waals surface area contributed by atoms with E-state index in [9.17, 15) is 4.79 Å². The van der Waals surface area contributed by atoms with Gasteiger partial charge in [0.2, 0.25) is 5.91 Å². The molecule has 0 unspecified atom stereocenters. The third kappa shape index (κ3) is 3.93. The second-order valence-corrected chi connectivity index (χ2v) is 9.28. The molecule has 3 fully saturated rings. The minimum absolute atomic E-state index is 0.207. The first-order valence-corrected chi connectivity index (χ1v) is 10.7. The van der Waals surface area contributed by atoms with E-state index in [4.69, 9.17) is 4.74 Å². The summed E-state index contributed by atoms with van der Waals surface area (Å²) >= 11 is 1.93. The van der Waals surface area contributed by atoms with E-state index in [0.717, 1.165) is 52.1 Å². The van der Waals surface area contributed by atoms with Crippen LogP contribution in [-0.2, 0) is 16.1 Å². The second-order valence-electron chi connectivity index (χ2n) is 7.91. The molecule has 4 nitrogen and oxygen atoms in total. The Labute approximate surface area is 155 Å². The lowest BCUT2D eigenvalue weighted by atomic mass is 9.83. The number of amides is 1. The molecule has 0 saturated carbocycles. The molecule has 0 aliphatic carbocycles. The molecular formula is C20H30N2O2S. The van der Waals surface area contributed by atoms with Crippen LogP contribution in [0.3, 0.4) is 0 Å². The Morgan fingerprint density at radius 1 is 1.20 bits per heavy atom. The summed E-state index contributed by atoms with van der Waals surface area (Å²) in [5.41, 5.74) is 0. The molecule has 3 saturated heterocycles. The number of aryl methyl sites for hydroxylation is 1. The fourth-order valence-corrected chi connectivity index (χ4v) is 5.79. The number of thiophene rings is 1. The van der Waals surface area contributed by atoms with Crippen LogP contribution in [0.25, 0.3) is 0 Å². The summed E-state index contributed by atoms with van der Waals surface area (Å²) in [6, 6.07) is 5.18. The molecule has 4 heterocycles. The molecule has 0 spiro atoms. The largest absolute Gasteiger partial charge is 0.381 e. The van der Waals surface area contributed by atoms with Crippen molar-refractivity contribution in [1.82, 2.24) is 9.80 Å². The van der Waals surface area contributed by atoms with E-state index < -0.39 is 0 Å². The highest BCUT2D eigenvalue weighted by Gasteiger charge is 2.38. The van der Waals surface area contributed by atoms with E-state index in [1.54, 1.807) is 0 Å². The second kappa shape index (κ2) is 7.77. The average molecular weight is 363 g/mol. The van der Waals surface area contributed by atoms with Crippen molar-refractivity contribution in [3.05, 3.63) is 21.9 Å². The summed E-state index contributed by atoms with van der Waals surface area (Å²) in [6.07, 6.45) is 5.51. The van der Waals surface area contributed by atoms with Crippen LogP contribution in [0.4, 0.5) is 0 Å². The van der Waals surface area contributed by atoms with Crippen LogP contribution in [0.15, 0.2) is 12.1 Å². The summed E-state index contributed by atoms with van der Waals surface area (Å²) in [5, 5.41) is 0. The number of nitrogens with zero attached hydrogens (tertiary/aromatic N) is 2. The third-order valence-corrected chi connectivity index (χ3v) is 7.21. The molecule has 1 aromatic rings. The Hall–Kier alpha value is -0.910. The fraction of sp³-hybridized carbons (Fsp3) is 0.750. The standard InChI is InChI=1S/C20H30N2O2S/c1-15-4-5-18(25-15)14-21-9-2-3-17-13-22(10-6-19(17)21)20(23)16-7-11-24-12-8-16/h4-5,16-17,19H,2-3,6-14H2,1H3/t17-,19+/m1/s1. The average Bonchev–Trinajstić information content (AvgIpc) is 3.06. The smallest absolute Gasteiger partial charge is 0.225 e. The number of ether oxygens (including phenoxy) is 1. The third-order valence-electron chi connectivity index (χ3n) is 6.22. The highest BCUT2D eigenvalue weighted by atomic mass is 32.1. The van der Waals surface area contributed by atoms with Gasteiger partial charge in [0.1, 0.15) is 0 Å². The van der Waals surface area contributed by atoms with Crippen LogP contribution in [0.2, 0.25) is 0 Å². The lowest BCUT2D eigenvalue weighted by Gasteiger charge is -2.47. The molecule has 1 amide bonds. The molecule has 4 rings (SSSR count). The summed E-state index contributed by atoms with van der Waals surface area (Å²) in [5.74, 6) is 1.26. The van der Waals surface area contributed by atoms with Gasteiger partial charge in [-0.05, 0) is 63.6 Å². The number of hydrogen-bond donors (Lipinski definition) is 0. The molecule has 2 atom stereocenters. The van der Waals surface area contributed by atoms with Crippen molar-refractivity contribution in [1.29, 1.82) is 0 Å². The molecule has 138 valence electrons. The van der Waals surface area contributed by atoms with Gasteiger partial charge < -0.3 is 9.64 Å². The molecular weight excluding hydrogens is 332 g/mol. The minimum Gasteiger partial charge on any atom is -0.381 e. The maximum atomic E-state index is 12.9. The van der Waals surface area contributed by atoms with Crippen molar-refractivity contribution in [2.75, 3.05) is 32.8 Å². The highest BCUT2D eigenvalue weighted by molar-refractivity contribution is 7.11. The zero-order valence-corrected chi connectivity index (χ0v) is 16.1. The lowest BCUT2D eigenvalue weighted by molar-refractivity contribution is -0.142. The molecule has 25 heavy (non-hydrogen) atoms. The highest BCUT2D eigenvalue weighted by Crippen LogP contribution is 2.33. The van der Waals surface area contributed by atoms with Crippen molar-refractivity contribution in [2.24, 2.45) is 11.8 Å². The zero-order valence-electron chi connectivity index (χ0n) is 15.3. The van der Waals surface area contributed by atoms with E-state index in [0.29, 0.717) is 17.9 Å². The molecule has 3 aliphatic rings. The van der Waals surface area contributed by atoms with Crippen LogP contribution in [0.1, 0.15) is 41.9 Å². The molecule has 0 N–H and O–H groups in total. The lowest BCUT2D eigenvalue weighted by Crippen LogP contribution is -2.55. The van der Waals surface area contributed by atoms with Gasteiger partial charge in [0.25, 0.3) is 0 Å². The number of rotatable bonds is 3. The number of hydrogen-bond acceptors (Lipinski definition) is 4. The van der Waals surface area contributed by atoms with Gasteiger partial charge in [-0.25, -0.2) is 0 Å². The van der Waals surface area contributed by atoms with Crippen molar-refractivity contribution < 1.29 is 9.53 Å². The molecule has 0 radical (unpaired) electrons. The SMILES string of the molecule is Cc1ccc(CN2CCC[C@@H]3CN(C(=O)C4CCOCC4)CC[C@@H]32)s1. The molecule has 0 aromatic carbocycles. The first-order chi connectivity index (χ1) is 12.2. The molecule has 0 bridgehead atoms. The van der Waals surface area contributed by atoms with Crippen molar-refractivity contribution >= 4 is 17.2 Å². The molecule has 5 heteroatoms. The predicted molar refractivity (Wildman–Crippen MR) is 101 cm³/mol. The first-order valence-electron chi connectivity index (χ1n) is 9.86. The fourth-order valence-electron chi connectivity index (χ4n) is 4.88. The Balaban J connectivity index is 1.37. The van der Waals surface area contributed by atoms with E-state index >= 15 is 0 Å². The van der Waals surface area contributed by atoms with Gasteiger partial charge in [-0.3, -0.25) is 9.69 Å². The number of carbonyl (C=O) groups excluding carboxylic acids is 1. The van der Waals surface area contributed by atoms with E-state index in [1.807, 2.05) is 11.3 Å². The summed E-state index contributed by atoms with van der Waals surface area (Å²) in [6.45, 7) is 7.92. The number of piperidine rings is 2. The van der Waals surface area contributed by atoms with Gasteiger partial charge in [-0.1, -0.05) is 0 Å². The van der Waals surface area contributed by atoms with E-state index in [2.05, 4.69) is 28.9 Å². The maximum absolute atomic E-state index is 12.9. The van der Waals surface area contributed by atoms with Crippen LogP contribution in [0, 0.1) is 18.8 Å². The van der Waals surface area contributed by atoms with Crippen molar-refractivity contribution in [2.45, 2.75) is 51.6 Å². The van der Waals surface area contributed by atoms with Crippen LogP contribution < -0.4 is 0 Å². The van der Waals surface area contributed by atoms with Gasteiger partial charge in [0, 0.05) is 54.6 Å². The van der Waals surface area contributed by atoms with Gasteiger partial charge in [-0.15, -0.1) is 11.3 Å². The molecule has 1 aromatic heterocycles. The van der Waals surface area contributed by atoms with Crippen molar-refractivity contribution in [3.63, 3.8) is 0 Å². The normalized spacial score (nSPS) is 28.8. The summed E-state index contributed by atoms with van der Waals surface area (Å²) < 4.78 is 5.42. The maximum Gasteiger partial charge on any atom is 0.225 e. The van der Waals surface area contributed by atoms with Crippen molar-refractivity contribution in [3.8, 4) is 0 Å². The quantitative estimate of drug-likeness (QED) is 0.827. The predicted octanol–water partition coefficient (Wildman–Crippen LogP) is 3.30. The number of fused-ring (bicyclic) bond motifs is 1. The summed E-state index contributed by atoms with van der Waals surface area (Å²) in [7, 11) is 0. The van der Waals surface area contributed by atoms with Crippen LogP contribution in [-0.4, -0.2) is 54.6 Å². The van der Waals surface area contributed by atoms with E-state index in [-0.39, 0.29) is 5.92 Å². The van der Waals surface area contributed by atoms with Gasteiger partial charge in [-0.2, -0.15) is 0 Å². The number of carbonyl (C=O) groups is 1. The molecule has 3 aliphatic heterocycles. The van der Waals surface area contributed by atoms with Crippen LogP contribution >= 0.6 is 11.3 Å². The van der Waals surface area contributed by atoms with Gasteiger partial charge in [0.15, 0.2) is 0 Å². The number of likely N-dealkylation sites (tertiary alicyclic amines) is 2. The van der Waals surface area contributed by atoms with Crippen LogP contribution in [0.5, 0.6) is 0 Å². The zero-order chi connectivity index (χ0) is 17.2. The van der Waals surface area contributed by atoms with Gasteiger partial charge >= 0.3 is 0 Å². The monoisotopic (exact) mass is 362 g/mol. The Morgan fingerprint density at radius 2 is 2.04 bits per heavy atom. The Kier molecular flexibility index (Phi) is 5.44. The first kappa shape index (κ1) is 17.5. The summed E-state index contributed by atoms with van der Waals surface area (Å²) in [4.78, 5) is 20.6. The van der Waals surface area contributed by atoms with Gasteiger partial charge in [0.05, 0.1) is 0 Å². The van der Waals surface area contributed by atoms with E-state index in [1.165, 1.54) is 29.1 Å². The topological polar surface area (TPSA) is 32.8 Å². The Bertz CT molecular complexity index is 596. The Morgan fingerprint density at radius 3 is 2.80 bits per heavy atom.